The van der Waals surface area contributed by atoms with Crippen LogP contribution in [0.25, 0.3) is 0 Å². The first-order valence-corrected chi connectivity index (χ1v) is 8.94. The Morgan fingerprint density at radius 3 is 2.58 bits per heavy atom. The van der Waals surface area contributed by atoms with Crippen molar-refractivity contribution in [2.75, 3.05) is 33.4 Å². The van der Waals surface area contributed by atoms with Crippen LogP contribution in [-0.2, 0) is 4.74 Å². The van der Waals surface area contributed by atoms with E-state index in [1.54, 1.807) is 7.11 Å². The summed E-state index contributed by atoms with van der Waals surface area (Å²) in [6, 6.07) is 6.62. The maximum Gasteiger partial charge on any atom is 0.255 e. The summed E-state index contributed by atoms with van der Waals surface area (Å²) in [6.07, 6.45) is 4.38. The van der Waals surface area contributed by atoms with Gasteiger partial charge in [0.2, 0.25) is 0 Å². The van der Waals surface area contributed by atoms with Crippen molar-refractivity contribution in [1.29, 1.82) is 0 Å². The molecule has 0 radical (unpaired) electrons. The molecule has 1 aliphatic carbocycles. The first kappa shape index (κ1) is 17.2. The maximum atomic E-state index is 12.6. The summed E-state index contributed by atoms with van der Waals surface area (Å²) in [5.74, 6) is 0.621. The molecule has 1 saturated carbocycles. The highest BCUT2D eigenvalue weighted by atomic mass is 16.5. The Labute approximate surface area is 144 Å². The minimum atomic E-state index is -0.0262. The molecule has 1 N–H and O–H groups in total. The molecule has 0 bridgehead atoms. The summed E-state index contributed by atoms with van der Waals surface area (Å²) in [7, 11) is 1.61. The number of morpholine rings is 1. The third-order valence-electron chi connectivity index (χ3n) is 5.20. The highest BCUT2D eigenvalue weighted by molar-refractivity contribution is 5.97. The molecule has 1 aliphatic heterocycles. The van der Waals surface area contributed by atoms with E-state index in [9.17, 15) is 4.79 Å². The molecule has 3 rings (SSSR count). The molecule has 1 aromatic carbocycles. The molecule has 1 heterocycles. The lowest BCUT2D eigenvalue weighted by Crippen LogP contribution is -2.47. The number of ether oxygens (including phenoxy) is 2. The van der Waals surface area contributed by atoms with Crippen LogP contribution in [-0.4, -0.2) is 56.3 Å². The fourth-order valence-corrected chi connectivity index (χ4v) is 3.78. The van der Waals surface area contributed by atoms with Crippen LogP contribution in [0.1, 0.15) is 41.6 Å². The first-order chi connectivity index (χ1) is 11.7. The van der Waals surface area contributed by atoms with Crippen LogP contribution in [0.15, 0.2) is 18.2 Å². The van der Waals surface area contributed by atoms with Crippen LogP contribution < -0.4 is 10.1 Å². The van der Waals surface area contributed by atoms with Crippen LogP contribution in [0.4, 0.5) is 0 Å². The molecular weight excluding hydrogens is 304 g/mol. The zero-order valence-electron chi connectivity index (χ0n) is 14.7. The number of rotatable bonds is 4. The van der Waals surface area contributed by atoms with Gasteiger partial charge in [0, 0.05) is 25.2 Å². The van der Waals surface area contributed by atoms with Gasteiger partial charge in [-0.2, -0.15) is 0 Å². The van der Waals surface area contributed by atoms with Crippen molar-refractivity contribution in [1.82, 2.24) is 10.2 Å². The van der Waals surface area contributed by atoms with Crippen LogP contribution in [0.3, 0.4) is 0 Å². The fraction of sp³-hybridized carbons (Fsp3) is 0.632. The summed E-state index contributed by atoms with van der Waals surface area (Å²) >= 11 is 0. The summed E-state index contributed by atoms with van der Waals surface area (Å²) in [4.78, 5) is 15.1. The number of carbonyl (C=O) groups is 1. The largest absolute Gasteiger partial charge is 0.496 e. The van der Waals surface area contributed by atoms with E-state index in [1.165, 1.54) is 0 Å². The fourth-order valence-electron chi connectivity index (χ4n) is 3.78. The highest BCUT2D eigenvalue weighted by Crippen LogP contribution is 2.25. The monoisotopic (exact) mass is 332 g/mol. The number of carbonyl (C=O) groups excluding carboxylic acids is 1. The molecule has 5 nitrogen and oxygen atoms in total. The molecule has 0 spiro atoms. The molecule has 5 heteroatoms. The van der Waals surface area contributed by atoms with Crippen molar-refractivity contribution < 1.29 is 14.3 Å². The molecule has 0 atom stereocenters. The second kappa shape index (κ2) is 7.99. The predicted octanol–water partition coefficient (Wildman–Crippen LogP) is 2.38. The Bertz CT molecular complexity index is 562. The molecular formula is C19H28N2O3. The lowest BCUT2D eigenvalue weighted by Gasteiger charge is -2.38. The van der Waals surface area contributed by atoms with E-state index in [-0.39, 0.29) is 11.9 Å². The van der Waals surface area contributed by atoms with Gasteiger partial charge < -0.3 is 14.8 Å². The quantitative estimate of drug-likeness (QED) is 0.920. The van der Waals surface area contributed by atoms with Crippen LogP contribution in [0.2, 0.25) is 0 Å². The molecule has 1 amide bonds. The SMILES string of the molecule is COc1cc(C)ccc1C(=O)NC1CCC(N2CCOCC2)CC1. The van der Waals surface area contributed by atoms with E-state index in [4.69, 9.17) is 9.47 Å². The van der Waals surface area contributed by atoms with E-state index in [0.717, 1.165) is 57.6 Å². The number of amides is 1. The first-order valence-electron chi connectivity index (χ1n) is 8.94. The zero-order chi connectivity index (χ0) is 16.9. The van der Waals surface area contributed by atoms with Crippen LogP contribution in [0.5, 0.6) is 5.75 Å². The molecule has 24 heavy (non-hydrogen) atoms. The Hall–Kier alpha value is -1.59. The van der Waals surface area contributed by atoms with Crippen molar-refractivity contribution in [3.8, 4) is 5.75 Å². The average molecular weight is 332 g/mol. The van der Waals surface area contributed by atoms with Crippen molar-refractivity contribution >= 4 is 5.91 Å². The molecule has 1 aromatic rings. The Balaban J connectivity index is 1.53. The van der Waals surface area contributed by atoms with Crippen molar-refractivity contribution in [2.45, 2.75) is 44.7 Å². The minimum absolute atomic E-state index is 0.0262. The summed E-state index contributed by atoms with van der Waals surface area (Å²) < 4.78 is 10.8. The standard InChI is InChI=1S/C19H28N2O3/c1-14-3-8-17(18(13-14)23-2)19(22)20-15-4-6-16(7-5-15)21-9-11-24-12-10-21/h3,8,13,15-16H,4-7,9-12H2,1-2H3,(H,20,22). The van der Waals surface area contributed by atoms with E-state index in [1.807, 2.05) is 25.1 Å². The highest BCUT2D eigenvalue weighted by Gasteiger charge is 2.28. The average Bonchev–Trinajstić information content (AvgIpc) is 2.63. The van der Waals surface area contributed by atoms with E-state index < -0.39 is 0 Å². The van der Waals surface area contributed by atoms with Gasteiger partial charge in [-0.3, -0.25) is 9.69 Å². The lowest BCUT2D eigenvalue weighted by atomic mass is 9.89. The molecule has 2 aliphatic rings. The second-order valence-electron chi connectivity index (χ2n) is 6.83. The normalized spacial score (nSPS) is 25.2. The number of methoxy groups -OCH3 is 1. The number of nitrogens with one attached hydrogen (secondary N) is 1. The van der Waals surface area contributed by atoms with Crippen molar-refractivity contribution in [3.05, 3.63) is 29.3 Å². The van der Waals surface area contributed by atoms with Crippen molar-refractivity contribution in [3.63, 3.8) is 0 Å². The topological polar surface area (TPSA) is 50.8 Å². The van der Waals surface area contributed by atoms with Crippen LogP contribution in [0, 0.1) is 6.92 Å². The van der Waals surface area contributed by atoms with Gasteiger partial charge in [-0.25, -0.2) is 0 Å². The molecule has 0 aromatic heterocycles. The van der Waals surface area contributed by atoms with Gasteiger partial charge in [0.25, 0.3) is 5.91 Å². The minimum Gasteiger partial charge on any atom is -0.496 e. The number of hydrogen-bond donors (Lipinski definition) is 1. The van der Waals surface area contributed by atoms with Gasteiger partial charge in [0.05, 0.1) is 25.9 Å². The summed E-state index contributed by atoms with van der Waals surface area (Å²) in [6.45, 7) is 5.79. The number of nitrogens with zero attached hydrogens (tertiary/aromatic N) is 1. The Kier molecular flexibility index (Phi) is 5.74. The summed E-state index contributed by atoms with van der Waals surface area (Å²) in [5, 5.41) is 3.19. The molecule has 0 unspecified atom stereocenters. The number of hydrogen-bond acceptors (Lipinski definition) is 4. The molecule has 2 fully saturated rings. The molecule has 132 valence electrons. The number of aryl methyl sites for hydroxylation is 1. The third-order valence-corrected chi connectivity index (χ3v) is 5.20. The summed E-state index contributed by atoms with van der Waals surface area (Å²) in [5.41, 5.74) is 1.72. The van der Waals surface area contributed by atoms with E-state index in [0.29, 0.717) is 17.4 Å². The van der Waals surface area contributed by atoms with Gasteiger partial charge in [0.15, 0.2) is 0 Å². The van der Waals surface area contributed by atoms with Gasteiger partial charge in [-0.15, -0.1) is 0 Å². The maximum absolute atomic E-state index is 12.6. The van der Waals surface area contributed by atoms with E-state index in [2.05, 4.69) is 10.2 Å². The smallest absolute Gasteiger partial charge is 0.255 e. The van der Waals surface area contributed by atoms with Crippen LogP contribution >= 0.6 is 0 Å². The second-order valence-corrected chi connectivity index (χ2v) is 6.83. The van der Waals surface area contributed by atoms with Gasteiger partial charge in [-0.05, 0) is 50.3 Å². The third kappa shape index (κ3) is 4.08. The molecule has 1 saturated heterocycles. The Morgan fingerprint density at radius 2 is 1.92 bits per heavy atom. The number of benzene rings is 1. The lowest BCUT2D eigenvalue weighted by molar-refractivity contribution is 0.00664. The Morgan fingerprint density at radius 1 is 1.21 bits per heavy atom. The van der Waals surface area contributed by atoms with Gasteiger partial charge in [-0.1, -0.05) is 6.07 Å². The predicted molar refractivity (Wildman–Crippen MR) is 93.6 cm³/mol. The van der Waals surface area contributed by atoms with E-state index >= 15 is 0 Å². The van der Waals surface area contributed by atoms with Gasteiger partial charge >= 0.3 is 0 Å². The zero-order valence-corrected chi connectivity index (χ0v) is 14.7. The van der Waals surface area contributed by atoms with Gasteiger partial charge in [0.1, 0.15) is 5.75 Å². The van der Waals surface area contributed by atoms with Crippen molar-refractivity contribution in [2.24, 2.45) is 0 Å².